The second-order valence-corrected chi connectivity index (χ2v) is 4.72. The molecule has 1 N–H and O–H groups in total. The Kier molecular flexibility index (Phi) is 3.30. The molecule has 2 aromatic rings. The topological polar surface area (TPSA) is 46.0 Å². The molecule has 1 aromatic carbocycles. The van der Waals surface area contributed by atoms with Gasteiger partial charge in [0.15, 0.2) is 5.82 Å². The fourth-order valence-electron chi connectivity index (χ4n) is 1.30. The highest BCUT2D eigenvalue weighted by molar-refractivity contribution is 14.1. The lowest BCUT2D eigenvalue weighted by atomic mass is 10.2. The van der Waals surface area contributed by atoms with Crippen molar-refractivity contribution in [3.8, 4) is 17.1 Å². The van der Waals surface area contributed by atoms with Crippen LogP contribution in [0.3, 0.4) is 0 Å². The zero-order valence-electron chi connectivity index (χ0n) is 8.41. The number of rotatable bonds is 1. The van der Waals surface area contributed by atoms with Crippen LogP contribution in [0.15, 0.2) is 24.3 Å². The van der Waals surface area contributed by atoms with Gasteiger partial charge in [-0.25, -0.2) is 9.97 Å². The predicted molar refractivity (Wildman–Crippen MR) is 71.6 cm³/mol. The summed E-state index contributed by atoms with van der Waals surface area (Å²) in [5, 5.41) is 9.81. The molecule has 0 aliphatic heterocycles. The number of phenols is 1. The zero-order chi connectivity index (χ0) is 11.7. The molecule has 0 radical (unpaired) electrons. The van der Waals surface area contributed by atoms with E-state index in [4.69, 9.17) is 11.6 Å². The van der Waals surface area contributed by atoms with Crippen LogP contribution in [-0.4, -0.2) is 15.1 Å². The van der Waals surface area contributed by atoms with Gasteiger partial charge in [-0.05, 0) is 41.6 Å². The van der Waals surface area contributed by atoms with E-state index < -0.39 is 0 Å². The van der Waals surface area contributed by atoms with E-state index in [0.717, 1.165) is 14.8 Å². The zero-order valence-corrected chi connectivity index (χ0v) is 11.3. The Balaban J connectivity index is 2.57. The maximum absolute atomic E-state index is 9.38. The Labute approximate surface area is 112 Å². The van der Waals surface area contributed by atoms with Crippen molar-refractivity contribution in [1.29, 1.82) is 0 Å². The summed E-state index contributed by atoms with van der Waals surface area (Å²) in [7, 11) is 0. The Morgan fingerprint density at radius 2 is 2.06 bits per heavy atom. The molecule has 82 valence electrons. The van der Waals surface area contributed by atoms with Crippen LogP contribution in [-0.2, 0) is 0 Å². The Morgan fingerprint density at radius 1 is 1.31 bits per heavy atom. The van der Waals surface area contributed by atoms with E-state index in [2.05, 4.69) is 32.6 Å². The second kappa shape index (κ2) is 4.55. The number of benzene rings is 1. The number of hydrogen-bond donors (Lipinski definition) is 1. The molecule has 0 fully saturated rings. The van der Waals surface area contributed by atoms with Gasteiger partial charge in [0.1, 0.15) is 10.9 Å². The number of hydrogen-bond acceptors (Lipinski definition) is 3. The van der Waals surface area contributed by atoms with E-state index >= 15 is 0 Å². The number of halogens is 2. The van der Waals surface area contributed by atoms with Gasteiger partial charge >= 0.3 is 0 Å². The average molecular weight is 347 g/mol. The minimum absolute atomic E-state index is 0.188. The van der Waals surface area contributed by atoms with Gasteiger partial charge in [0, 0.05) is 5.56 Å². The number of aromatic nitrogens is 2. The van der Waals surface area contributed by atoms with E-state index in [1.54, 1.807) is 18.2 Å². The largest absolute Gasteiger partial charge is 0.508 e. The molecule has 16 heavy (non-hydrogen) atoms. The van der Waals surface area contributed by atoms with E-state index in [1.807, 2.05) is 13.0 Å². The van der Waals surface area contributed by atoms with Crippen molar-refractivity contribution >= 4 is 34.2 Å². The normalized spacial score (nSPS) is 10.4. The fourth-order valence-corrected chi connectivity index (χ4v) is 1.76. The Bertz CT molecular complexity index is 522. The predicted octanol–water partition coefficient (Wildman–Crippen LogP) is 3.42. The quantitative estimate of drug-likeness (QED) is 0.636. The number of aryl methyl sites for hydroxylation is 1. The molecule has 1 aromatic heterocycles. The Morgan fingerprint density at radius 3 is 2.69 bits per heavy atom. The summed E-state index contributed by atoms with van der Waals surface area (Å²) >= 11 is 8.09. The lowest BCUT2D eigenvalue weighted by molar-refractivity contribution is 0.475. The Hall–Kier alpha value is -0.880. The molecular weight excluding hydrogens is 338 g/mol. The molecule has 0 unspecified atom stereocenters. The number of aromatic hydroxyl groups is 1. The standard InChI is InChI=1S/C11H8ClIN2O/c1-6-9(13)10(12)15-11(14-6)7-3-2-4-8(16)5-7/h2-5,16H,1H3. The van der Waals surface area contributed by atoms with E-state index in [9.17, 15) is 5.11 Å². The molecule has 0 saturated heterocycles. The van der Waals surface area contributed by atoms with Crippen molar-refractivity contribution in [1.82, 2.24) is 9.97 Å². The minimum Gasteiger partial charge on any atom is -0.508 e. The minimum atomic E-state index is 0.188. The number of phenolic OH excluding ortho intramolecular Hbond substituents is 1. The van der Waals surface area contributed by atoms with Crippen LogP contribution in [0.2, 0.25) is 5.15 Å². The average Bonchev–Trinajstić information content (AvgIpc) is 2.25. The maximum Gasteiger partial charge on any atom is 0.161 e. The van der Waals surface area contributed by atoms with Crippen LogP contribution in [0.1, 0.15) is 5.69 Å². The highest BCUT2D eigenvalue weighted by Gasteiger charge is 2.09. The molecule has 0 aliphatic carbocycles. The van der Waals surface area contributed by atoms with Crippen molar-refractivity contribution in [3.63, 3.8) is 0 Å². The van der Waals surface area contributed by atoms with Gasteiger partial charge in [-0.15, -0.1) is 0 Å². The highest BCUT2D eigenvalue weighted by Crippen LogP contribution is 2.25. The number of nitrogens with zero attached hydrogens (tertiary/aromatic N) is 2. The molecule has 3 nitrogen and oxygen atoms in total. The molecule has 2 rings (SSSR count). The van der Waals surface area contributed by atoms with Gasteiger partial charge in [0.2, 0.25) is 0 Å². The summed E-state index contributed by atoms with van der Waals surface area (Å²) in [4.78, 5) is 8.51. The highest BCUT2D eigenvalue weighted by atomic mass is 127. The van der Waals surface area contributed by atoms with Crippen LogP contribution in [0.25, 0.3) is 11.4 Å². The van der Waals surface area contributed by atoms with Gasteiger partial charge in [0.05, 0.1) is 9.26 Å². The van der Waals surface area contributed by atoms with Crippen LogP contribution >= 0.6 is 34.2 Å². The monoisotopic (exact) mass is 346 g/mol. The first-order valence-electron chi connectivity index (χ1n) is 4.57. The SMILES string of the molecule is Cc1nc(-c2cccc(O)c2)nc(Cl)c1I. The summed E-state index contributed by atoms with van der Waals surface area (Å²) in [5.74, 6) is 0.715. The van der Waals surface area contributed by atoms with Crippen molar-refractivity contribution in [3.05, 3.63) is 38.7 Å². The molecule has 0 amide bonds. The molecule has 0 atom stereocenters. The first-order chi connectivity index (χ1) is 7.58. The van der Waals surface area contributed by atoms with Crippen molar-refractivity contribution in [2.75, 3.05) is 0 Å². The third kappa shape index (κ3) is 2.27. The summed E-state index contributed by atoms with van der Waals surface area (Å²) in [6.45, 7) is 1.88. The first-order valence-corrected chi connectivity index (χ1v) is 6.02. The lowest BCUT2D eigenvalue weighted by Crippen LogP contribution is -1.96. The van der Waals surface area contributed by atoms with Gasteiger partial charge in [-0.1, -0.05) is 23.7 Å². The molecule has 1 heterocycles. The van der Waals surface area contributed by atoms with E-state index in [1.165, 1.54) is 0 Å². The van der Waals surface area contributed by atoms with Crippen LogP contribution in [0, 0.1) is 10.5 Å². The van der Waals surface area contributed by atoms with Gasteiger partial charge in [-0.3, -0.25) is 0 Å². The summed E-state index contributed by atoms with van der Waals surface area (Å²) in [6, 6.07) is 6.79. The van der Waals surface area contributed by atoms with Crippen LogP contribution < -0.4 is 0 Å². The molecule has 0 aliphatic rings. The fraction of sp³-hybridized carbons (Fsp3) is 0.0909. The van der Waals surface area contributed by atoms with Crippen LogP contribution in [0.5, 0.6) is 5.75 Å². The van der Waals surface area contributed by atoms with Gasteiger partial charge in [0.25, 0.3) is 0 Å². The first kappa shape index (κ1) is 11.6. The third-order valence-corrected chi connectivity index (χ3v) is 3.96. The third-order valence-electron chi connectivity index (χ3n) is 2.08. The van der Waals surface area contributed by atoms with Gasteiger partial charge < -0.3 is 5.11 Å². The summed E-state index contributed by atoms with van der Waals surface area (Å²) in [6.07, 6.45) is 0. The summed E-state index contributed by atoms with van der Waals surface area (Å²) in [5.41, 5.74) is 1.58. The molecule has 0 spiro atoms. The maximum atomic E-state index is 9.38. The lowest BCUT2D eigenvalue weighted by Gasteiger charge is -2.05. The molecule has 0 saturated carbocycles. The molecule has 5 heteroatoms. The molecule has 0 bridgehead atoms. The smallest absolute Gasteiger partial charge is 0.161 e. The van der Waals surface area contributed by atoms with Crippen LogP contribution in [0.4, 0.5) is 0 Å². The van der Waals surface area contributed by atoms with Crippen molar-refractivity contribution in [2.45, 2.75) is 6.92 Å². The summed E-state index contributed by atoms with van der Waals surface area (Å²) < 4.78 is 0.850. The van der Waals surface area contributed by atoms with Crippen molar-refractivity contribution in [2.24, 2.45) is 0 Å². The van der Waals surface area contributed by atoms with Crippen molar-refractivity contribution < 1.29 is 5.11 Å². The molecular formula is C11H8ClIN2O. The second-order valence-electron chi connectivity index (χ2n) is 3.29. The van der Waals surface area contributed by atoms with E-state index in [-0.39, 0.29) is 5.75 Å². The van der Waals surface area contributed by atoms with E-state index in [0.29, 0.717) is 11.0 Å². The van der Waals surface area contributed by atoms with Gasteiger partial charge in [-0.2, -0.15) is 0 Å².